The van der Waals surface area contributed by atoms with Crippen molar-refractivity contribution >= 4 is 44.9 Å². The number of thiophene rings is 1. The van der Waals surface area contributed by atoms with Gasteiger partial charge in [0.2, 0.25) is 5.91 Å². The van der Waals surface area contributed by atoms with Crippen molar-refractivity contribution in [2.24, 2.45) is 0 Å². The third-order valence-electron chi connectivity index (χ3n) is 6.54. The SMILES string of the molecule is O=C(Cc1ccccc1)Nc1cncc(-c2ccc3[nH]nc(-c4cc5c(-c6ccc(F)s6)nccc5[nH]4)c3n2)c1. The van der Waals surface area contributed by atoms with Crippen LogP contribution in [0.15, 0.2) is 91.4 Å². The van der Waals surface area contributed by atoms with Gasteiger partial charge in [-0.1, -0.05) is 30.3 Å². The zero-order chi connectivity index (χ0) is 27.1. The summed E-state index contributed by atoms with van der Waals surface area (Å²) in [6, 6.07) is 22.2. The number of carbonyl (C=O) groups is 1. The van der Waals surface area contributed by atoms with Gasteiger partial charge in [-0.2, -0.15) is 9.49 Å². The number of rotatable bonds is 6. The van der Waals surface area contributed by atoms with E-state index in [1.165, 1.54) is 6.07 Å². The van der Waals surface area contributed by atoms with Crippen molar-refractivity contribution in [2.45, 2.75) is 6.42 Å². The van der Waals surface area contributed by atoms with Crippen molar-refractivity contribution < 1.29 is 9.18 Å². The molecule has 40 heavy (non-hydrogen) atoms. The first-order valence-corrected chi connectivity index (χ1v) is 13.3. The molecule has 3 N–H and O–H groups in total. The average Bonchev–Trinajstić information content (AvgIpc) is 3.71. The number of benzene rings is 1. The predicted octanol–water partition coefficient (Wildman–Crippen LogP) is 6.61. The van der Waals surface area contributed by atoms with Gasteiger partial charge in [0.05, 0.1) is 45.8 Å². The lowest BCUT2D eigenvalue weighted by molar-refractivity contribution is -0.115. The van der Waals surface area contributed by atoms with Crippen molar-refractivity contribution in [1.82, 2.24) is 30.1 Å². The van der Waals surface area contributed by atoms with Crippen LogP contribution in [0.2, 0.25) is 0 Å². The first kappa shape index (κ1) is 23.9. The Hall–Kier alpha value is -5.22. The number of carbonyl (C=O) groups excluding carboxylic acids is 1. The van der Waals surface area contributed by atoms with Crippen LogP contribution < -0.4 is 5.32 Å². The minimum Gasteiger partial charge on any atom is -0.353 e. The van der Waals surface area contributed by atoms with E-state index in [1.807, 2.05) is 60.7 Å². The van der Waals surface area contributed by atoms with E-state index in [2.05, 4.69) is 30.5 Å². The van der Waals surface area contributed by atoms with Gasteiger partial charge >= 0.3 is 0 Å². The molecule has 10 heteroatoms. The van der Waals surface area contributed by atoms with Crippen LogP contribution in [-0.2, 0) is 11.2 Å². The van der Waals surface area contributed by atoms with Gasteiger partial charge in [-0.05, 0) is 48.0 Å². The average molecular weight is 546 g/mol. The second-order valence-electron chi connectivity index (χ2n) is 9.25. The number of H-pyrrole nitrogens is 2. The molecular formula is C30H20FN7OS. The lowest BCUT2D eigenvalue weighted by atomic mass is 10.1. The normalized spacial score (nSPS) is 11.3. The molecule has 8 nitrogen and oxygen atoms in total. The Bertz CT molecular complexity index is 2010. The summed E-state index contributed by atoms with van der Waals surface area (Å²) in [5.41, 5.74) is 7.41. The Labute approximate surface area is 231 Å². The number of fused-ring (bicyclic) bond motifs is 2. The summed E-state index contributed by atoms with van der Waals surface area (Å²) in [7, 11) is 0. The zero-order valence-electron chi connectivity index (χ0n) is 20.9. The van der Waals surface area contributed by atoms with E-state index < -0.39 is 0 Å². The van der Waals surface area contributed by atoms with E-state index >= 15 is 0 Å². The van der Waals surface area contributed by atoms with E-state index in [0.29, 0.717) is 28.3 Å². The summed E-state index contributed by atoms with van der Waals surface area (Å²) in [6.45, 7) is 0. The molecule has 7 aromatic rings. The lowest BCUT2D eigenvalue weighted by Crippen LogP contribution is -2.14. The predicted molar refractivity (Wildman–Crippen MR) is 154 cm³/mol. The molecule has 0 spiro atoms. The fourth-order valence-corrected chi connectivity index (χ4v) is 5.44. The first-order chi connectivity index (χ1) is 19.6. The highest BCUT2D eigenvalue weighted by atomic mass is 32.1. The van der Waals surface area contributed by atoms with Gasteiger partial charge in [-0.3, -0.25) is 19.9 Å². The number of hydrogen-bond acceptors (Lipinski definition) is 6. The fourth-order valence-electron chi connectivity index (χ4n) is 4.70. The molecule has 194 valence electrons. The van der Waals surface area contributed by atoms with Crippen molar-refractivity contribution in [1.29, 1.82) is 0 Å². The number of halogens is 1. The van der Waals surface area contributed by atoms with Crippen LogP contribution in [0.4, 0.5) is 10.1 Å². The van der Waals surface area contributed by atoms with Gasteiger partial charge in [-0.15, -0.1) is 11.3 Å². The Morgan fingerprint density at radius 3 is 2.70 bits per heavy atom. The maximum absolute atomic E-state index is 13.7. The molecule has 1 aromatic carbocycles. The molecule has 6 aromatic heterocycles. The van der Waals surface area contributed by atoms with E-state index in [1.54, 1.807) is 24.7 Å². The molecule has 0 saturated carbocycles. The molecule has 0 radical (unpaired) electrons. The molecule has 7 rings (SSSR count). The molecule has 0 aliphatic carbocycles. The van der Waals surface area contributed by atoms with Crippen LogP contribution in [0, 0.1) is 5.13 Å². The van der Waals surface area contributed by atoms with Crippen molar-refractivity contribution in [3.8, 4) is 33.2 Å². The van der Waals surface area contributed by atoms with Crippen LogP contribution >= 0.6 is 11.3 Å². The highest BCUT2D eigenvalue weighted by Gasteiger charge is 2.17. The van der Waals surface area contributed by atoms with Gasteiger partial charge < -0.3 is 10.3 Å². The van der Waals surface area contributed by atoms with Crippen LogP contribution in [-0.4, -0.2) is 36.0 Å². The van der Waals surface area contributed by atoms with Gasteiger partial charge in [0.25, 0.3) is 0 Å². The fraction of sp³-hybridized carbons (Fsp3) is 0.0333. The Morgan fingerprint density at radius 1 is 0.950 bits per heavy atom. The number of nitrogens with zero attached hydrogens (tertiary/aromatic N) is 4. The highest BCUT2D eigenvalue weighted by Crippen LogP contribution is 2.35. The maximum Gasteiger partial charge on any atom is 0.228 e. The van der Waals surface area contributed by atoms with Crippen LogP contribution in [0.3, 0.4) is 0 Å². The quantitative estimate of drug-likeness (QED) is 0.218. The summed E-state index contributed by atoms with van der Waals surface area (Å²) in [5, 5.41) is 11.1. The molecule has 0 aliphatic heterocycles. The number of pyridine rings is 3. The van der Waals surface area contributed by atoms with Gasteiger partial charge in [0.15, 0.2) is 5.13 Å². The lowest BCUT2D eigenvalue weighted by Gasteiger charge is -2.07. The summed E-state index contributed by atoms with van der Waals surface area (Å²) < 4.78 is 13.7. The zero-order valence-corrected chi connectivity index (χ0v) is 21.7. The molecule has 6 heterocycles. The molecule has 0 unspecified atom stereocenters. The number of aromatic nitrogens is 6. The number of aromatic amines is 2. The molecular weight excluding hydrogens is 525 g/mol. The van der Waals surface area contributed by atoms with Crippen LogP contribution in [0.1, 0.15) is 5.56 Å². The molecule has 0 atom stereocenters. The van der Waals surface area contributed by atoms with E-state index in [-0.39, 0.29) is 17.5 Å². The van der Waals surface area contributed by atoms with E-state index in [0.717, 1.165) is 49.5 Å². The smallest absolute Gasteiger partial charge is 0.228 e. The highest BCUT2D eigenvalue weighted by molar-refractivity contribution is 7.13. The van der Waals surface area contributed by atoms with Crippen LogP contribution in [0.25, 0.3) is 55.2 Å². The molecule has 0 bridgehead atoms. The minimum absolute atomic E-state index is 0.122. The molecule has 1 amide bonds. The molecule has 0 fully saturated rings. The number of nitrogens with one attached hydrogen (secondary N) is 3. The molecule has 0 saturated heterocycles. The number of amides is 1. The van der Waals surface area contributed by atoms with Crippen molar-refractivity contribution in [3.63, 3.8) is 0 Å². The minimum atomic E-state index is -0.256. The van der Waals surface area contributed by atoms with Gasteiger partial charge in [0.1, 0.15) is 11.2 Å². The monoisotopic (exact) mass is 545 g/mol. The molecule has 0 aliphatic rings. The second-order valence-corrected chi connectivity index (χ2v) is 10.3. The third kappa shape index (κ3) is 4.50. The van der Waals surface area contributed by atoms with Gasteiger partial charge in [0, 0.05) is 28.9 Å². The van der Waals surface area contributed by atoms with Crippen LogP contribution in [0.5, 0.6) is 0 Å². The largest absolute Gasteiger partial charge is 0.353 e. The number of hydrogen-bond donors (Lipinski definition) is 3. The first-order valence-electron chi connectivity index (χ1n) is 12.5. The number of anilines is 1. The Morgan fingerprint density at radius 2 is 1.85 bits per heavy atom. The second kappa shape index (κ2) is 9.83. The third-order valence-corrected chi connectivity index (χ3v) is 7.42. The van der Waals surface area contributed by atoms with Gasteiger partial charge in [-0.25, -0.2) is 4.98 Å². The van der Waals surface area contributed by atoms with Crippen molar-refractivity contribution in [2.75, 3.05) is 5.32 Å². The summed E-state index contributed by atoms with van der Waals surface area (Å²) in [6.07, 6.45) is 5.30. The summed E-state index contributed by atoms with van der Waals surface area (Å²) in [4.78, 5) is 30.4. The Kier molecular flexibility index (Phi) is 5.86. The summed E-state index contributed by atoms with van der Waals surface area (Å²) >= 11 is 1.06. The summed E-state index contributed by atoms with van der Waals surface area (Å²) in [5.74, 6) is -0.122. The van der Waals surface area contributed by atoms with Crippen molar-refractivity contribution in [3.05, 3.63) is 102 Å². The standard InChI is InChI=1S/C30H20FN7OS/c31-26-9-8-25(40-26)28-20-14-24(35-22(20)10-11-33-28)30-29-23(37-38-30)7-6-21(36-29)18-13-19(16-32-15-18)34-27(39)12-17-4-2-1-3-5-17/h1-11,13-16,35H,12H2,(H,34,39)(H,37,38). The Balaban J connectivity index is 1.21. The van der Waals surface area contributed by atoms with E-state index in [4.69, 9.17) is 4.98 Å². The topological polar surface area (TPSA) is 112 Å². The maximum atomic E-state index is 13.7. The van der Waals surface area contributed by atoms with E-state index in [9.17, 15) is 9.18 Å².